The summed E-state index contributed by atoms with van der Waals surface area (Å²) in [5, 5.41) is 4.39. The number of ether oxygens (including phenoxy) is 2. The normalized spacial score (nSPS) is 13.6. The molecule has 1 aliphatic rings. The number of nitrogens with one attached hydrogen (secondary N) is 2. The minimum absolute atomic E-state index is 0.0827. The molecule has 0 aliphatic carbocycles. The Balaban J connectivity index is 0.000000541. The molecule has 1 fully saturated rings. The summed E-state index contributed by atoms with van der Waals surface area (Å²) in [6.07, 6.45) is 3.46. The second-order valence-electron chi connectivity index (χ2n) is 10.9. The molecule has 228 valence electrons. The number of carbonyl (C=O) groups is 1. The molecular formula is C31H36FN5O5S. The second-order valence-corrected chi connectivity index (χ2v) is 12.6. The summed E-state index contributed by atoms with van der Waals surface area (Å²) in [7, 11) is -2.81. The number of fused-ring (bicyclic) bond motifs is 1. The van der Waals surface area contributed by atoms with Gasteiger partial charge in [-0.1, -0.05) is 12.1 Å². The molecule has 4 aromatic rings. The topological polar surface area (TPSA) is 123 Å². The molecule has 0 atom stereocenters. The Morgan fingerprint density at radius 3 is 2.40 bits per heavy atom. The molecule has 0 bridgehead atoms. The number of rotatable bonds is 7. The highest BCUT2D eigenvalue weighted by Crippen LogP contribution is 2.35. The summed E-state index contributed by atoms with van der Waals surface area (Å²) in [5.41, 5.74) is 4.34. The Morgan fingerprint density at radius 1 is 1.05 bits per heavy atom. The van der Waals surface area contributed by atoms with E-state index in [2.05, 4.69) is 29.6 Å². The van der Waals surface area contributed by atoms with Crippen LogP contribution in [0.2, 0.25) is 0 Å². The van der Waals surface area contributed by atoms with Crippen molar-refractivity contribution in [1.82, 2.24) is 15.3 Å². The molecule has 12 heteroatoms. The van der Waals surface area contributed by atoms with Crippen LogP contribution in [0.15, 0.2) is 65.8 Å². The maximum Gasteiger partial charge on any atom is 0.293 e. The number of pyridine rings is 2. The van der Waals surface area contributed by atoms with E-state index >= 15 is 0 Å². The number of hydrogen-bond acceptors (Lipinski definition) is 9. The number of sulfonamides is 1. The van der Waals surface area contributed by atoms with Crippen molar-refractivity contribution in [2.45, 2.75) is 38.2 Å². The first-order chi connectivity index (χ1) is 20.4. The summed E-state index contributed by atoms with van der Waals surface area (Å²) in [6, 6.07) is 12.9. The number of aryl methyl sites for hydroxylation is 1. The van der Waals surface area contributed by atoms with Crippen molar-refractivity contribution in [3.63, 3.8) is 0 Å². The standard InChI is InChI=1S/C26H26FN5O3S.C5H10O2/c1-17-13-18(14-20-23(7-8-29-25(17)20)32-11-9-28-10-12-32)19-15-22(26(35-2)30-16-19)31-36(33,34)24-6-4-3-5-21(24)27;1-5(2,3)7-4-6/h3-8,13-16,28,31H,9-12H2,1-2H3;4H,1-3H3. The number of anilines is 2. The molecule has 0 spiro atoms. The van der Waals surface area contributed by atoms with Crippen molar-refractivity contribution in [1.29, 1.82) is 0 Å². The lowest BCUT2D eigenvalue weighted by Gasteiger charge is -2.30. The molecule has 2 aromatic heterocycles. The number of halogens is 1. The molecule has 0 saturated carbocycles. The molecule has 1 aliphatic heterocycles. The number of nitrogens with zero attached hydrogens (tertiary/aromatic N) is 3. The highest BCUT2D eigenvalue weighted by molar-refractivity contribution is 7.92. The van der Waals surface area contributed by atoms with Gasteiger partial charge in [0.15, 0.2) is 0 Å². The zero-order chi connectivity index (χ0) is 31.2. The lowest BCUT2D eigenvalue weighted by atomic mass is 9.99. The first kappa shape index (κ1) is 31.6. The number of benzene rings is 2. The summed E-state index contributed by atoms with van der Waals surface area (Å²) in [5.74, 6) is -0.759. The van der Waals surface area contributed by atoms with E-state index in [1.54, 1.807) is 12.3 Å². The highest BCUT2D eigenvalue weighted by Gasteiger charge is 2.22. The zero-order valence-corrected chi connectivity index (χ0v) is 25.7. The Morgan fingerprint density at radius 2 is 1.77 bits per heavy atom. The van der Waals surface area contributed by atoms with Gasteiger partial charge in [0.25, 0.3) is 16.5 Å². The molecule has 0 radical (unpaired) electrons. The third-order valence-corrected chi connectivity index (χ3v) is 8.02. The molecule has 10 nitrogen and oxygen atoms in total. The largest absolute Gasteiger partial charge is 0.480 e. The molecule has 2 aromatic carbocycles. The third kappa shape index (κ3) is 7.76. The fraction of sp³-hybridized carbons (Fsp3) is 0.323. The second kappa shape index (κ2) is 13.3. The monoisotopic (exact) mass is 609 g/mol. The zero-order valence-electron chi connectivity index (χ0n) is 24.8. The van der Waals surface area contributed by atoms with Gasteiger partial charge in [-0.3, -0.25) is 14.5 Å². The quantitative estimate of drug-likeness (QED) is 0.281. The average molecular weight is 610 g/mol. The Labute approximate surface area is 251 Å². The van der Waals surface area contributed by atoms with Crippen LogP contribution in [0.25, 0.3) is 22.0 Å². The van der Waals surface area contributed by atoms with Crippen molar-refractivity contribution < 1.29 is 27.1 Å². The summed E-state index contributed by atoms with van der Waals surface area (Å²) in [4.78, 5) is 20.4. The van der Waals surface area contributed by atoms with Crippen molar-refractivity contribution in [3.8, 4) is 17.0 Å². The van der Waals surface area contributed by atoms with Crippen molar-refractivity contribution in [3.05, 3.63) is 72.3 Å². The van der Waals surface area contributed by atoms with Crippen LogP contribution >= 0.6 is 0 Å². The first-order valence-electron chi connectivity index (χ1n) is 13.7. The van der Waals surface area contributed by atoms with Gasteiger partial charge in [-0.25, -0.2) is 17.8 Å². The van der Waals surface area contributed by atoms with Gasteiger partial charge in [0.05, 0.1) is 12.6 Å². The van der Waals surface area contributed by atoms with Crippen LogP contribution < -0.4 is 19.7 Å². The lowest BCUT2D eigenvalue weighted by molar-refractivity contribution is -0.138. The molecule has 5 rings (SSSR count). The number of methoxy groups -OCH3 is 1. The van der Waals surface area contributed by atoms with Gasteiger partial charge < -0.3 is 19.7 Å². The Kier molecular flexibility index (Phi) is 9.82. The van der Waals surface area contributed by atoms with E-state index in [-0.39, 0.29) is 17.2 Å². The highest BCUT2D eigenvalue weighted by atomic mass is 32.2. The number of carbonyl (C=O) groups excluding carboxylic acids is 1. The van der Waals surface area contributed by atoms with Crippen molar-refractivity contribution in [2.24, 2.45) is 0 Å². The minimum Gasteiger partial charge on any atom is -0.480 e. The van der Waals surface area contributed by atoms with Gasteiger partial charge in [-0.15, -0.1) is 0 Å². The molecule has 3 heterocycles. The van der Waals surface area contributed by atoms with Gasteiger partial charge in [-0.2, -0.15) is 0 Å². The summed E-state index contributed by atoms with van der Waals surface area (Å²) < 4.78 is 52.4. The molecule has 1 saturated heterocycles. The smallest absolute Gasteiger partial charge is 0.293 e. The van der Waals surface area contributed by atoms with Gasteiger partial charge in [0.2, 0.25) is 5.88 Å². The third-order valence-electron chi connectivity index (χ3n) is 6.62. The average Bonchev–Trinajstić information content (AvgIpc) is 2.97. The van der Waals surface area contributed by atoms with Crippen molar-refractivity contribution in [2.75, 3.05) is 42.9 Å². The number of aromatic nitrogens is 2. The van der Waals surface area contributed by atoms with Gasteiger partial charge in [-0.05, 0) is 75.2 Å². The minimum atomic E-state index is -4.21. The Bertz CT molecular complexity index is 1700. The summed E-state index contributed by atoms with van der Waals surface area (Å²) >= 11 is 0. The molecule has 0 unspecified atom stereocenters. The number of piperazine rings is 1. The van der Waals surface area contributed by atoms with Gasteiger partial charge in [0.1, 0.15) is 22.0 Å². The Hall–Kier alpha value is -4.29. The summed E-state index contributed by atoms with van der Waals surface area (Å²) in [6.45, 7) is 11.5. The van der Waals surface area contributed by atoms with Crippen LogP contribution in [-0.4, -0.2) is 63.7 Å². The lowest BCUT2D eigenvalue weighted by Crippen LogP contribution is -2.43. The predicted molar refractivity (Wildman–Crippen MR) is 165 cm³/mol. The maximum absolute atomic E-state index is 14.2. The SMILES string of the molecule is CC(C)(C)OC=O.COc1ncc(-c2cc(C)c3nccc(N4CCNCC4)c3c2)cc1NS(=O)(=O)c1ccccc1F. The van der Waals surface area contributed by atoms with Gasteiger partial charge in [0, 0.05) is 55.2 Å². The molecular weight excluding hydrogens is 573 g/mol. The maximum atomic E-state index is 14.2. The molecule has 0 amide bonds. The fourth-order valence-corrected chi connectivity index (χ4v) is 5.75. The first-order valence-corrected chi connectivity index (χ1v) is 15.2. The van der Waals surface area contributed by atoms with Crippen LogP contribution in [0.4, 0.5) is 15.8 Å². The fourth-order valence-electron chi connectivity index (χ4n) is 4.62. The van der Waals surface area contributed by atoms with E-state index < -0.39 is 20.7 Å². The van der Waals surface area contributed by atoms with Crippen LogP contribution in [0, 0.1) is 12.7 Å². The van der Waals surface area contributed by atoms with Crippen LogP contribution in [0.3, 0.4) is 0 Å². The van der Waals surface area contributed by atoms with Crippen LogP contribution in [0.5, 0.6) is 5.88 Å². The van der Waals surface area contributed by atoms with E-state index in [0.717, 1.165) is 60.0 Å². The van der Waals surface area contributed by atoms with E-state index in [0.29, 0.717) is 12.0 Å². The van der Waals surface area contributed by atoms with Crippen molar-refractivity contribution >= 4 is 38.8 Å². The van der Waals surface area contributed by atoms with E-state index in [1.807, 2.05) is 52.1 Å². The molecule has 2 N–H and O–H groups in total. The molecule has 43 heavy (non-hydrogen) atoms. The number of hydrogen-bond donors (Lipinski definition) is 2. The van der Waals surface area contributed by atoms with E-state index in [4.69, 9.17) is 4.74 Å². The van der Waals surface area contributed by atoms with Gasteiger partial charge >= 0.3 is 0 Å². The van der Waals surface area contributed by atoms with Crippen LogP contribution in [0.1, 0.15) is 26.3 Å². The predicted octanol–water partition coefficient (Wildman–Crippen LogP) is 4.92. The van der Waals surface area contributed by atoms with Crippen LogP contribution in [-0.2, 0) is 19.6 Å². The van der Waals surface area contributed by atoms with E-state index in [9.17, 15) is 17.6 Å². The van der Waals surface area contributed by atoms with E-state index in [1.165, 1.54) is 25.3 Å².